The molecule has 2 heterocycles. The molecule has 0 saturated carbocycles. The summed E-state index contributed by atoms with van der Waals surface area (Å²) >= 11 is 0. The van der Waals surface area contributed by atoms with Gasteiger partial charge < -0.3 is 4.90 Å². The first-order chi connectivity index (χ1) is 11.0. The minimum atomic E-state index is -0.416. The number of nitro groups is 1. The van der Waals surface area contributed by atoms with Gasteiger partial charge >= 0.3 is 0 Å². The Morgan fingerprint density at radius 3 is 2.65 bits per heavy atom. The number of hydrogen-bond donors (Lipinski definition) is 0. The number of halogens is 1. The van der Waals surface area contributed by atoms with Gasteiger partial charge in [-0.25, -0.2) is 9.37 Å². The van der Waals surface area contributed by atoms with Crippen LogP contribution in [-0.4, -0.2) is 22.5 Å². The summed E-state index contributed by atoms with van der Waals surface area (Å²) in [7, 11) is 0. The van der Waals surface area contributed by atoms with Crippen LogP contribution in [0.25, 0.3) is 0 Å². The zero-order valence-electron chi connectivity index (χ0n) is 13.1. The highest BCUT2D eigenvalue weighted by molar-refractivity contribution is 5.50. The molecule has 120 valence electrons. The third-order valence-corrected chi connectivity index (χ3v) is 4.48. The maximum Gasteiger partial charge on any atom is 0.290 e. The molecule has 0 aliphatic carbocycles. The fourth-order valence-electron chi connectivity index (χ4n) is 3.21. The van der Waals surface area contributed by atoms with E-state index in [-0.39, 0.29) is 17.5 Å². The third-order valence-electron chi connectivity index (χ3n) is 4.48. The molecular weight excluding hydrogens is 297 g/mol. The summed E-state index contributed by atoms with van der Waals surface area (Å²) < 4.78 is 13.1. The van der Waals surface area contributed by atoms with E-state index in [1.807, 2.05) is 12.1 Å². The van der Waals surface area contributed by atoms with Gasteiger partial charge in [0.2, 0.25) is 0 Å². The molecular formula is C17H18FN3O2. The van der Waals surface area contributed by atoms with Gasteiger partial charge in [0, 0.05) is 24.1 Å². The molecule has 0 radical (unpaired) electrons. The molecule has 23 heavy (non-hydrogen) atoms. The van der Waals surface area contributed by atoms with Crippen molar-refractivity contribution in [3.8, 4) is 0 Å². The maximum atomic E-state index is 13.1. The van der Waals surface area contributed by atoms with Crippen molar-refractivity contribution in [1.82, 2.24) is 4.98 Å². The minimum Gasteiger partial charge on any atom is -0.353 e. The van der Waals surface area contributed by atoms with Crippen LogP contribution in [0.2, 0.25) is 0 Å². The van der Waals surface area contributed by atoms with Crippen molar-refractivity contribution >= 4 is 11.5 Å². The van der Waals surface area contributed by atoms with Crippen molar-refractivity contribution in [3.63, 3.8) is 0 Å². The van der Waals surface area contributed by atoms with Gasteiger partial charge in [-0.1, -0.05) is 12.1 Å². The zero-order valence-corrected chi connectivity index (χ0v) is 13.1. The summed E-state index contributed by atoms with van der Waals surface area (Å²) in [4.78, 5) is 16.9. The van der Waals surface area contributed by atoms with E-state index in [1.54, 1.807) is 13.0 Å². The Bertz CT molecular complexity index is 733. The molecule has 0 bridgehead atoms. The largest absolute Gasteiger partial charge is 0.353 e. The van der Waals surface area contributed by atoms with Crippen LogP contribution in [-0.2, 0) is 0 Å². The number of nitrogens with zero attached hydrogens (tertiary/aromatic N) is 3. The summed E-state index contributed by atoms with van der Waals surface area (Å²) in [5.74, 6) is 0.831. The van der Waals surface area contributed by atoms with Crippen LogP contribution in [0.3, 0.4) is 0 Å². The Morgan fingerprint density at radius 1 is 1.35 bits per heavy atom. The number of benzene rings is 1. The zero-order chi connectivity index (χ0) is 16.6. The van der Waals surface area contributed by atoms with Crippen molar-refractivity contribution in [2.24, 2.45) is 0 Å². The van der Waals surface area contributed by atoms with Crippen molar-refractivity contribution in [2.75, 3.05) is 11.4 Å². The lowest BCUT2D eigenvalue weighted by Crippen LogP contribution is -2.27. The van der Waals surface area contributed by atoms with E-state index < -0.39 is 4.92 Å². The van der Waals surface area contributed by atoms with Gasteiger partial charge in [-0.2, -0.15) is 0 Å². The fourth-order valence-corrected chi connectivity index (χ4v) is 3.21. The molecule has 2 atom stereocenters. The van der Waals surface area contributed by atoms with Gasteiger partial charge in [0.25, 0.3) is 5.69 Å². The summed E-state index contributed by atoms with van der Waals surface area (Å²) in [5.41, 5.74) is 1.76. The van der Waals surface area contributed by atoms with Crippen LogP contribution in [0.4, 0.5) is 15.9 Å². The molecule has 2 aromatic rings. The molecule has 1 fully saturated rings. The van der Waals surface area contributed by atoms with Crippen molar-refractivity contribution in [3.05, 3.63) is 63.6 Å². The van der Waals surface area contributed by atoms with Crippen LogP contribution in [0.1, 0.15) is 30.4 Å². The minimum absolute atomic E-state index is 0.0377. The smallest absolute Gasteiger partial charge is 0.290 e. The standard InChI is InChI=1S/C17H18FN3O2/c1-11-7-17(19-9-16(11)21(22)23)20-10-14(8-12(20)2)13-3-5-15(18)6-4-13/h3-7,9,12,14H,8,10H2,1-2H3. The molecule has 1 aromatic heterocycles. The van der Waals surface area contributed by atoms with Crippen molar-refractivity contribution in [1.29, 1.82) is 0 Å². The van der Waals surface area contributed by atoms with Gasteiger partial charge in [0.15, 0.2) is 0 Å². The molecule has 1 aliphatic heterocycles. The predicted molar refractivity (Wildman–Crippen MR) is 86.2 cm³/mol. The monoisotopic (exact) mass is 315 g/mol. The number of aromatic nitrogens is 1. The predicted octanol–water partition coefficient (Wildman–Crippen LogP) is 3.82. The molecule has 3 rings (SSSR count). The lowest BCUT2D eigenvalue weighted by molar-refractivity contribution is -0.385. The highest BCUT2D eigenvalue weighted by Gasteiger charge is 2.31. The average Bonchev–Trinajstić information content (AvgIpc) is 2.89. The van der Waals surface area contributed by atoms with E-state index >= 15 is 0 Å². The van der Waals surface area contributed by atoms with Gasteiger partial charge in [-0.3, -0.25) is 10.1 Å². The Labute approximate surface area is 133 Å². The topological polar surface area (TPSA) is 59.3 Å². The first-order valence-corrected chi connectivity index (χ1v) is 7.59. The number of hydrogen-bond acceptors (Lipinski definition) is 4. The second-order valence-electron chi connectivity index (χ2n) is 6.07. The molecule has 0 N–H and O–H groups in total. The highest BCUT2D eigenvalue weighted by atomic mass is 19.1. The summed E-state index contributed by atoms with van der Waals surface area (Å²) in [6.45, 7) is 4.61. The van der Waals surface area contributed by atoms with Crippen LogP contribution < -0.4 is 4.90 Å². The van der Waals surface area contributed by atoms with Crippen LogP contribution in [0.5, 0.6) is 0 Å². The van der Waals surface area contributed by atoms with Crippen LogP contribution in [0.15, 0.2) is 36.5 Å². The Balaban J connectivity index is 1.82. The maximum absolute atomic E-state index is 13.1. The Hall–Kier alpha value is -2.50. The summed E-state index contributed by atoms with van der Waals surface area (Å²) in [5, 5.41) is 10.9. The lowest BCUT2D eigenvalue weighted by atomic mass is 9.97. The summed E-state index contributed by atoms with van der Waals surface area (Å²) in [6, 6.07) is 8.66. The van der Waals surface area contributed by atoms with Crippen molar-refractivity contribution in [2.45, 2.75) is 32.2 Å². The van der Waals surface area contributed by atoms with E-state index in [9.17, 15) is 14.5 Å². The quantitative estimate of drug-likeness (QED) is 0.638. The Morgan fingerprint density at radius 2 is 2.04 bits per heavy atom. The van der Waals surface area contributed by atoms with Crippen molar-refractivity contribution < 1.29 is 9.31 Å². The first kappa shape index (κ1) is 15.4. The van der Waals surface area contributed by atoms with Gasteiger partial charge in [-0.05, 0) is 44.0 Å². The van der Waals surface area contributed by atoms with Gasteiger partial charge in [0.05, 0.1) is 4.92 Å². The molecule has 0 spiro atoms. The van der Waals surface area contributed by atoms with E-state index in [0.717, 1.165) is 24.3 Å². The van der Waals surface area contributed by atoms with Gasteiger partial charge in [0.1, 0.15) is 17.8 Å². The second-order valence-corrected chi connectivity index (χ2v) is 6.07. The fraction of sp³-hybridized carbons (Fsp3) is 0.353. The third kappa shape index (κ3) is 3.02. The SMILES string of the molecule is Cc1cc(N2CC(c3ccc(F)cc3)CC2C)ncc1[N+](=O)[O-]. The molecule has 5 nitrogen and oxygen atoms in total. The van der Waals surface area contributed by atoms with Gasteiger partial charge in [-0.15, -0.1) is 0 Å². The second kappa shape index (κ2) is 5.95. The van der Waals surface area contributed by atoms with Crippen LogP contribution in [0, 0.1) is 22.9 Å². The molecule has 1 aliphatic rings. The highest BCUT2D eigenvalue weighted by Crippen LogP contribution is 2.35. The molecule has 1 saturated heterocycles. The van der Waals surface area contributed by atoms with E-state index in [0.29, 0.717) is 11.5 Å². The average molecular weight is 315 g/mol. The molecule has 2 unspecified atom stereocenters. The van der Waals surface area contributed by atoms with E-state index in [1.165, 1.54) is 18.3 Å². The lowest BCUT2D eigenvalue weighted by Gasteiger charge is -2.22. The number of aryl methyl sites for hydroxylation is 1. The normalized spacial score (nSPS) is 20.7. The van der Waals surface area contributed by atoms with E-state index in [4.69, 9.17) is 0 Å². The number of pyridine rings is 1. The molecule has 1 aromatic carbocycles. The Kier molecular flexibility index (Phi) is 3.98. The molecule has 6 heteroatoms. The van der Waals surface area contributed by atoms with Crippen LogP contribution >= 0.6 is 0 Å². The summed E-state index contributed by atoms with van der Waals surface area (Å²) in [6.07, 6.45) is 2.27. The number of rotatable bonds is 3. The van der Waals surface area contributed by atoms with E-state index in [2.05, 4.69) is 16.8 Å². The first-order valence-electron chi connectivity index (χ1n) is 7.59. The molecule has 0 amide bonds. The number of anilines is 1.